The van der Waals surface area contributed by atoms with Gasteiger partial charge in [0.2, 0.25) is 5.91 Å². The van der Waals surface area contributed by atoms with Gasteiger partial charge in [-0.3, -0.25) is 19.4 Å². The maximum absolute atomic E-state index is 12.8. The van der Waals surface area contributed by atoms with Gasteiger partial charge in [-0.25, -0.2) is 4.79 Å². The lowest BCUT2D eigenvalue weighted by atomic mass is 9.84. The second-order valence-corrected chi connectivity index (χ2v) is 11.9. The molecule has 0 radical (unpaired) electrons. The van der Waals surface area contributed by atoms with Gasteiger partial charge in [0.05, 0.1) is 11.3 Å². The lowest BCUT2D eigenvalue weighted by Gasteiger charge is -2.35. The predicted molar refractivity (Wildman–Crippen MR) is 171 cm³/mol. The number of amides is 3. The average Bonchev–Trinajstić information content (AvgIpc) is 3.03. The molecule has 0 aromatic heterocycles. The van der Waals surface area contributed by atoms with Crippen LogP contribution in [0.5, 0.6) is 0 Å². The Morgan fingerprint density at radius 3 is 1.74 bits per heavy atom. The summed E-state index contributed by atoms with van der Waals surface area (Å²) < 4.78 is -0.408. The van der Waals surface area contributed by atoms with Crippen LogP contribution >= 0.6 is 11.8 Å². The van der Waals surface area contributed by atoms with E-state index in [1.807, 2.05) is 30.0 Å². The molecule has 1 saturated heterocycles. The standard InChI is InChI=1S/C33H41N5O4S/c1-26(31(40)41)36-32(42)35-17-19-37-20-22-38(23-21-37)25-30(39)34-18-24-43-33(27-11-5-2-6-12-27,28-13-7-3-8-14-28)29-15-9-4-10-16-29/h2-16,26H,17-25H2,1H3,(H,34,39)(H,40,41)(H2,35,36,42)/t26-/m0/s1. The van der Waals surface area contributed by atoms with E-state index >= 15 is 0 Å². The summed E-state index contributed by atoms with van der Waals surface area (Å²) in [6, 6.07) is 30.2. The zero-order valence-corrected chi connectivity index (χ0v) is 25.4. The van der Waals surface area contributed by atoms with Crippen molar-refractivity contribution in [1.29, 1.82) is 0 Å². The molecule has 0 unspecified atom stereocenters. The van der Waals surface area contributed by atoms with Crippen molar-refractivity contribution >= 4 is 29.7 Å². The molecule has 228 valence electrons. The maximum Gasteiger partial charge on any atom is 0.325 e. The summed E-state index contributed by atoms with van der Waals surface area (Å²) in [5, 5.41) is 17.1. The molecule has 4 rings (SSSR count). The number of benzene rings is 3. The lowest BCUT2D eigenvalue weighted by Crippen LogP contribution is -2.51. The zero-order valence-electron chi connectivity index (χ0n) is 24.6. The molecule has 3 aromatic rings. The number of carboxylic acid groups (broad SMARTS) is 1. The Labute approximate surface area is 258 Å². The van der Waals surface area contributed by atoms with Gasteiger partial charge in [-0.1, -0.05) is 91.0 Å². The van der Waals surface area contributed by atoms with Crippen molar-refractivity contribution in [2.24, 2.45) is 0 Å². The summed E-state index contributed by atoms with van der Waals surface area (Å²) in [6.45, 7) is 6.55. The number of nitrogens with zero attached hydrogens (tertiary/aromatic N) is 2. The van der Waals surface area contributed by atoms with E-state index < -0.39 is 22.8 Å². The number of carbonyl (C=O) groups excluding carboxylic acids is 2. The largest absolute Gasteiger partial charge is 0.480 e. The van der Waals surface area contributed by atoms with Crippen molar-refractivity contribution in [3.8, 4) is 0 Å². The molecule has 0 aliphatic carbocycles. The highest BCUT2D eigenvalue weighted by Crippen LogP contribution is 2.48. The molecular formula is C33H41N5O4S. The zero-order chi connectivity index (χ0) is 30.5. The number of thioether (sulfide) groups is 1. The second kappa shape index (κ2) is 16.1. The number of carboxylic acids is 1. The lowest BCUT2D eigenvalue weighted by molar-refractivity contribution is -0.138. The topological polar surface area (TPSA) is 114 Å². The smallest absolute Gasteiger partial charge is 0.325 e. The van der Waals surface area contributed by atoms with Gasteiger partial charge in [-0.2, -0.15) is 0 Å². The monoisotopic (exact) mass is 603 g/mol. The molecule has 0 spiro atoms. The highest BCUT2D eigenvalue weighted by atomic mass is 32.2. The summed E-state index contributed by atoms with van der Waals surface area (Å²) in [4.78, 5) is 39.9. The van der Waals surface area contributed by atoms with Crippen LogP contribution < -0.4 is 16.0 Å². The average molecular weight is 604 g/mol. The van der Waals surface area contributed by atoms with Crippen molar-refractivity contribution < 1.29 is 19.5 Å². The van der Waals surface area contributed by atoms with Crippen LogP contribution in [-0.2, 0) is 14.3 Å². The predicted octanol–water partition coefficient (Wildman–Crippen LogP) is 3.22. The minimum Gasteiger partial charge on any atom is -0.480 e. The number of piperazine rings is 1. The number of aliphatic carboxylic acids is 1. The SMILES string of the molecule is C[C@H](NC(=O)NCCN1CCN(CC(=O)NCCSC(c2ccccc2)(c2ccccc2)c2ccccc2)CC1)C(=O)O. The number of hydrogen-bond donors (Lipinski definition) is 4. The van der Waals surface area contributed by atoms with Crippen LogP contribution in [0.4, 0.5) is 4.79 Å². The van der Waals surface area contributed by atoms with Crippen LogP contribution in [0.1, 0.15) is 23.6 Å². The summed E-state index contributed by atoms with van der Waals surface area (Å²) >= 11 is 1.83. The third-order valence-corrected chi connectivity index (χ3v) is 9.10. The van der Waals surface area contributed by atoms with E-state index in [4.69, 9.17) is 5.11 Å². The first kappa shape index (κ1) is 32.1. The van der Waals surface area contributed by atoms with Crippen molar-refractivity contribution in [2.75, 3.05) is 58.1 Å². The van der Waals surface area contributed by atoms with Crippen LogP contribution in [0.15, 0.2) is 91.0 Å². The molecule has 1 heterocycles. The molecule has 0 bridgehead atoms. The van der Waals surface area contributed by atoms with Crippen molar-refractivity contribution in [2.45, 2.75) is 17.7 Å². The Bertz CT molecular complexity index is 1210. The Morgan fingerprint density at radius 2 is 1.26 bits per heavy atom. The normalized spacial score (nSPS) is 14.9. The molecule has 1 atom stereocenters. The first-order valence-corrected chi connectivity index (χ1v) is 15.7. The van der Waals surface area contributed by atoms with Crippen LogP contribution in [-0.4, -0.2) is 97.0 Å². The maximum atomic E-state index is 12.8. The molecule has 10 heteroatoms. The van der Waals surface area contributed by atoms with E-state index in [2.05, 4.69) is 98.5 Å². The highest BCUT2D eigenvalue weighted by Gasteiger charge is 2.36. The molecule has 43 heavy (non-hydrogen) atoms. The van der Waals surface area contributed by atoms with Crippen LogP contribution in [0.3, 0.4) is 0 Å². The van der Waals surface area contributed by atoms with Gasteiger partial charge >= 0.3 is 12.0 Å². The fraction of sp³-hybridized carbons (Fsp3) is 0.364. The van der Waals surface area contributed by atoms with Gasteiger partial charge in [0.1, 0.15) is 6.04 Å². The van der Waals surface area contributed by atoms with Gasteiger partial charge in [0.15, 0.2) is 0 Å². The highest BCUT2D eigenvalue weighted by molar-refractivity contribution is 8.00. The Hall–Kier alpha value is -3.86. The van der Waals surface area contributed by atoms with E-state index in [0.29, 0.717) is 26.2 Å². The number of hydrogen-bond acceptors (Lipinski definition) is 6. The van der Waals surface area contributed by atoms with Gasteiger partial charge in [-0.15, -0.1) is 11.8 Å². The van der Waals surface area contributed by atoms with Crippen LogP contribution in [0.25, 0.3) is 0 Å². The summed E-state index contributed by atoms with van der Waals surface area (Å²) in [5.74, 6) is -0.317. The molecule has 3 aromatic carbocycles. The van der Waals surface area contributed by atoms with Crippen molar-refractivity contribution in [1.82, 2.24) is 25.8 Å². The summed E-state index contributed by atoms with van der Waals surface area (Å²) in [6.07, 6.45) is 0. The number of carbonyl (C=O) groups is 3. The third-order valence-electron chi connectivity index (χ3n) is 7.55. The minimum absolute atomic E-state index is 0.0182. The van der Waals surface area contributed by atoms with Crippen molar-refractivity contribution in [3.05, 3.63) is 108 Å². The third kappa shape index (κ3) is 9.06. The molecule has 4 N–H and O–H groups in total. The Morgan fingerprint density at radius 1 is 0.767 bits per heavy atom. The number of urea groups is 1. The molecular weight excluding hydrogens is 562 g/mol. The molecule has 1 fully saturated rings. The molecule has 9 nitrogen and oxygen atoms in total. The van der Waals surface area contributed by atoms with Gasteiger partial charge in [0.25, 0.3) is 0 Å². The van der Waals surface area contributed by atoms with Crippen LogP contribution in [0.2, 0.25) is 0 Å². The van der Waals surface area contributed by atoms with E-state index in [9.17, 15) is 14.4 Å². The van der Waals surface area contributed by atoms with E-state index in [1.165, 1.54) is 23.6 Å². The Kier molecular flexibility index (Phi) is 12.0. The second-order valence-electron chi connectivity index (χ2n) is 10.6. The van der Waals surface area contributed by atoms with E-state index in [1.54, 1.807) is 0 Å². The van der Waals surface area contributed by atoms with E-state index in [0.717, 1.165) is 31.9 Å². The van der Waals surface area contributed by atoms with E-state index in [-0.39, 0.29) is 5.91 Å². The van der Waals surface area contributed by atoms with Crippen LogP contribution in [0, 0.1) is 0 Å². The number of nitrogens with one attached hydrogen (secondary N) is 3. The fourth-order valence-corrected chi connectivity index (χ4v) is 6.65. The van der Waals surface area contributed by atoms with Gasteiger partial charge < -0.3 is 21.1 Å². The van der Waals surface area contributed by atoms with Gasteiger partial charge in [-0.05, 0) is 23.6 Å². The molecule has 0 saturated carbocycles. The molecule has 1 aliphatic heterocycles. The number of rotatable bonds is 14. The van der Waals surface area contributed by atoms with Gasteiger partial charge in [0, 0.05) is 51.6 Å². The molecule has 3 amide bonds. The minimum atomic E-state index is -1.08. The quantitative estimate of drug-likeness (QED) is 0.165. The molecule has 1 aliphatic rings. The fourth-order valence-electron chi connectivity index (χ4n) is 5.23. The first-order valence-electron chi connectivity index (χ1n) is 14.7. The van der Waals surface area contributed by atoms with Crippen molar-refractivity contribution in [3.63, 3.8) is 0 Å². The summed E-state index contributed by atoms with van der Waals surface area (Å²) in [5.41, 5.74) is 3.60. The first-order chi connectivity index (χ1) is 20.9. The Balaban J connectivity index is 1.25. The summed E-state index contributed by atoms with van der Waals surface area (Å²) in [7, 11) is 0.